The van der Waals surface area contributed by atoms with Crippen molar-refractivity contribution in [1.82, 2.24) is 25.0 Å². The van der Waals surface area contributed by atoms with Crippen molar-refractivity contribution in [3.8, 4) is 0 Å². The smallest absolute Gasteiger partial charge is 0.194 e. The minimum absolute atomic E-state index is 0. The summed E-state index contributed by atoms with van der Waals surface area (Å²) in [7, 11) is 4.05. The van der Waals surface area contributed by atoms with Crippen LogP contribution < -0.4 is 5.32 Å². The van der Waals surface area contributed by atoms with Crippen LogP contribution in [0.15, 0.2) is 41.5 Å². The van der Waals surface area contributed by atoms with E-state index in [1.54, 1.807) is 0 Å². The quantitative estimate of drug-likeness (QED) is 0.306. The number of guanidine groups is 1. The summed E-state index contributed by atoms with van der Waals surface area (Å²) in [6.07, 6.45) is 2.10. The maximum Gasteiger partial charge on any atom is 0.194 e. The Morgan fingerprint density at radius 1 is 1.32 bits per heavy atom. The number of halogens is 1. The minimum atomic E-state index is 0. The molecule has 0 bridgehead atoms. The fourth-order valence-electron chi connectivity index (χ4n) is 3.34. The van der Waals surface area contributed by atoms with Gasteiger partial charge < -0.3 is 15.2 Å². The van der Waals surface area contributed by atoms with E-state index in [0.29, 0.717) is 12.5 Å². The first kappa shape index (κ1) is 22.3. The van der Waals surface area contributed by atoms with Crippen molar-refractivity contribution >= 4 is 40.8 Å². The van der Waals surface area contributed by atoms with Crippen LogP contribution >= 0.6 is 24.0 Å². The van der Waals surface area contributed by atoms with Crippen molar-refractivity contribution in [3.63, 3.8) is 0 Å². The van der Waals surface area contributed by atoms with Gasteiger partial charge in [0, 0.05) is 50.2 Å². The highest BCUT2D eigenvalue weighted by atomic mass is 127. The largest absolute Gasteiger partial charge is 0.357 e. The Kier molecular flexibility index (Phi) is 7.91. The van der Waals surface area contributed by atoms with Crippen LogP contribution in [0.25, 0.3) is 10.9 Å². The molecule has 0 amide bonds. The monoisotopic (exact) mass is 494 g/mol. The van der Waals surface area contributed by atoms with Gasteiger partial charge >= 0.3 is 0 Å². The molecule has 152 valence electrons. The minimum Gasteiger partial charge on any atom is -0.357 e. The molecule has 2 heterocycles. The van der Waals surface area contributed by atoms with Gasteiger partial charge in [-0.2, -0.15) is 5.10 Å². The summed E-state index contributed by atoms with van der Waals surface area (Å²) in [6, 6.07) is 10.5. The lowest BCUT2D eigenvalue weighted by Gasteiger charge is -2.22. The lowest BCUT2D eigenvalue weighted by atomic mass is 10.1. The summed E-state index contributed by atoms with van der Waals surface area (Å²) in [5.41, 5.74) is 4.66. The highest BCUT2D eigenvalue weighted by molar-refractivity contribution is 14.0. The molecule has 0 fully saturated rings. The summed E-state index contributed by atoms with van der Waals surface area (Å²) in [6.45, 7) is 8.68. The van der Waals surface area contributed by atoms with Gasteiger partial charge in [-0.1, -0.05) is 32.0 Å². The van der Waals surface area contributed by atoms with Crippen LogP contribution in [0.5, 0.6) is 0 Å². The first-order valence-electron chi connectivity index (χ1n) is 9.56. The molecule has 2 N–H and O–H groups in total. The number of aliphatic imine (C=N–C) groups is 1. The zero-order valence-electron chi connectivity index (χ0n) is 17.4. The number of nitrogens with one attached hydrogen (secondary N) is 2. The molecular weight excluding hydrogens is 463 g/mol. The van der Waals surface area contributed by atoms with Crippen molar-refractivity contribution in [3.05, 3.63) is 53.5 Å². The number of benzene rings is 1. The Hall–Kier alpha value is -2.03. The van der Waals surface area contributed by atoms with Crippen molar-refractivity contribution in [2.75, 3.05) is 13.6 Å². The standard InChI is InChI=1S/C21H30N6.HI/c1-6-22-21(23-12-18-11-16-9-7-8-10-19(16)24-18)26(4)13-17-14-27(5)25-20(17)15(2)3;/h7-11,14-15,24H,6,12-13H2,1-5H3,(H,22,23);1H. The maximum absolute atomic E-state index is 4.83. The van der Waals surface area contributed by atoms with E-state index in [2.05, 4.69) is 78.6 Å². The van der Waals surface area contributed by atoms with Crippen LogP contribution in [-0.2, 0) is 20.1 Å². The van der Waals surface area contributed by atoms with Crippen LogP contribution in [0.3, 0.4) is 0 Å². The molecule has 1 aromatic carbocycles. The van der Waals surface area contributed by atoms with E-state index in [4.69, 9.17) is 4.99 Å². The Bertz CT molecular complexity index is 891. The normalized spacial score (nSPS) is 11.7. The van der Waals surface area contributed by atoms with Gasteiger partial charge in [-0.25, -0.2) is 4.99 Å². The van der Waals surface area contributed by atoms with Crippen molar-refractivity contribution in [2.45, 2.75) is 39.8 Å². The third-order valence-electron chi connectivity index (χ3n) is 4.57. The molecule has 0 unspecified atom stereocenters. The SMILES string of the molecule is CCNC(=NCc1cc2ccccc2[nH]1)N(C)Cc1cn(C)nc1C(C)C.I. The van der Waals surface area contributed by atoms with Crippen LogP contribution in [0.4, 0.5) is 0 Å². The van der Waals surface area contributed by atoms with E-state index in [1.165, 1.54) is 10.9 Å². The van der Waals surface area contributed by atoms with Crippen molar-refractivity contribution < 1.29 is 0 Å². The Morgan fingerprint density at radius 2 is 2.07 bits per heavy atom. The number of fused-ring (bicyclic) bond motifs is 1. The van der Waals surface area contributed by atoms with Gasteiger partial charge in [-0.05, 0) is 30.4 Å². The van der Waals surface area contributed by atoms with Crippen LogP contribution in [0, 0.1) is 0 Å². The summed E-state index contributed by atoms with van der Waals surface area (Å²) in [4.78, 5) is 10.4. The number of H-pyrrole nitrogens is 1. The average molecular weight is 494 g/mol. The van der Waals surface area contributed by atoms with E-state index < -0.39 is 0 Å². The van der Waals surface area contributed by atoms with Gasteiger partial charge in [0.2, 0.25) is 0 Å². The third kappa shape index (κ3) is 5.27. The lowest BCUT2D eigenvalue weighted by molar-refractivity contribution is 0.473. The molecular formula is C21H31IN6. The average Bonchev–Trinajstić information content (AvgIpc) is 3.21. The third-order valence-corrected chi connectivity index (χ3v) is 4.57. The van der Waals surface area contributed by atoms with Crippen molar-refractivity contribution in [1.29, 1.82) is 0 Å². The first-order chi connectivity index (χ1) is 13.0. The molecule has 0 aliphatic carbocycles. The molecule has 0 spiro atoms. The topological polar surface area (TPSA) is 61.2 Å². The lowest BCUT2D eigenvalue weighted by Crippen LogP contribution is -2.38. The Labute approximate surface area is 184 Å². The number of hydrogen-bond donors (Lipinski definition) is 2. The van der Waals surface area contributed by atoms with Gasteiger partial charge in [0.25, 0.3) is 0 Å². The summed E-state index contributed by atoms with van der Waals surface area (Å²) in [5, 5.41) is 9.23. The number of aromatic amines is 1. The summed E-state index contributed by atoms with van der Waals surface area (Å²) in [5.74, 6) is 1.30. The predicted octanol–water partition coefficient (Wildman–Crippen LogP) is 4.24. The highest BCUT2D eigenvalue weighted by Crippen LogP contribution is 2.19. The van der Waals surface area contributed by atoms with Gasteiger partial charge in [0.05, 0.1) is 12.2 Å². The van der Waals surface area contributed by atoms with Crippen molar-refractivity contribution in [2.24, 2.45) is 12.0 Å². The van der Waals surface area contributed by atoms with E-state index >= 15 is 0 Å². The van der Waals surface area contributed by atoms with Gasteiger partial charge in [0.1, 0.15) is 0 Å². The molecule has 0 saturated heterocycles. The fourth-order valence-corrected chi connectivity index (χ4v) is 3.34. The number of aromatic nitrogens is 3. The molecule has 6 nitrogen and oxygen atoms in total. The first-order valence-corrected chi connectivity index (χ1v) is 9.56. The second-order valence-electron chi connectivity index (χ2n) is 7.28. The summed E-state index contributed by atoms with van der Waals surface area (Å²) < 4.78 is 1.90. The maximum atomic E-state index is 4.83. The Balaban J connectivity index is 0.00000280. The molecule has 0 aliphatic heterocycles. The van der Waals surface area contributed by atoms with E-state index in [9.17, 15) is 0 Å². The molecule has 2 aromatic heterocycles. The second-order valence-corrected chi connectivity index (χ2v) is 7.28. The van der Waals surface area contributed by atoms with Gasteiger partial charge in [0.15, 0.2) is 5.96 Å². The molecule has 0 saturated carbocycles. The number of nitrogens with zero attached hydrogens (tertiary/aromatic N) is 4. The van der Waals surface area contributed by atoms with E-state index in [1.807, 2.05) is 17.8 Å². The number of aryl methyl sites for hydroxylation is 1. The van der Waals surface area contributed by atoms with E-state index in [0.717, 1.165) is 36.0 Å². The van der Waals surface area contributed by atoms with Crippen LogP contribution in [0.2, 0.25) is 0 Å². The molecule has 0 radical (unpaired) electrons. The van der Waals surface area contributed by atoms with Gasteiger partial charge in [-0.15, -0.1) is 24.0 Å². The number of para-hydroxylation sites is 1. The molecule has 7 heteroatoms. The molecule has 3 aromatic rings. The highest BCUT2D eigenvalue weighted by Gasteiger charge is 2.15. The molecule has 3 rings (SSSR count). The van der Waals surface area contributed by atoms with Crippen LogP contribution in [-0.4, -0.2) is 39.2 Å². The van der Waals surface area contributed by atoms with Crippen LogP contribution in [0.1, 0.15) is 43.6 Å². The predicted molar refractivity (Wildman–Crippen MR) is 127 cm³/mol. The fraction of sp³-hybridized carbons (Fsp3) is 0.429. The number of rotatable bonds is 6. The van der Waals surface area contributed by atoms with Gasteiger partial charge in [-0.3, -0.25) is 4.68 Å². The van der Waals surface area contributed by atoms with E-state index in [-0.39, 0.29) is 24.0 Å². The zero-order valence-corrected chi connectivity index (χ0v) is 19.7. The second kappa shape index (κ2) is 9.95. The summed E-state index contributed by atoms with van der Waals surface area (Å²) >= 11 is 0. The Morgan fingerprint density at radius 3 is 2.75 bits per heavy atom. The number of hydrogen-bond acceptors (Lipinski definition) is 2. The molecule has 28 heavy (non-hydrogen) atoms. The molecule has 0 atom stereocenters. The zero-order chi connectivity index (χ0) is 19.4. The molecule has 0 aliphatic rings.